The standard InChI is InChI=1S/C15H32N2S/c1-5-6-7-9-16-13-14(2)17-10-8-15(3,4)18-12-11-17/h14,16H,5-13H2,1-4H3. The van der Waals surface area contributed by atoms with E-state index < -0.39 is 0 Å². The van der Waals surface area contributed by atoms with Crippen LogP contribution in [0.25, 0.3) is 0 Å². The summed E-state index contributed by atoms with van der Waals surface area (Å²) in [5.41, 5.74) is 0. The molecule has 1 unspecified atom stereocenters. The minimum Gasteiger partial charge on any atom is -0.315 e. The second kappa shape index (κ2) is 8.44. The van der Waals surface area contributed by atoms with Crippen LogP contribution in [0.5, 0.6) is 0 Å². The van der Waals surface area contributed by atoms with Gasteiger partial charge in [-0.2, -0.15) is 11.8 Å². The molecule has 1 atom stereocenters. The lowest BCUT2D eigenvalue weighted by Crippen LogP contribution is -2.42. The van der Waals surface area contributed by atoms with Crippen LogP contribution in [0.3, 0.4) is 0 Å². The first-order valence-corrected chi connectivity index (χ1v) is 8.62. The fourth-order valence-electron chi connectivity index (χ4n) is 2.42. The summed E-state index contributed by atoms with van der Waals surface area (Å²) in [7, 11) is 0. The van der Waals surface area contributed by atoms with Crippen LogP contribution in [-0.2, 0) is 0 Å². The highest BCUT2D eigenvalue weighted by Crippen LogP contribution is 2.31. The van der Waals surface area contributed by atoms with Crippen LogP contribution < -0.4 is 5.32 Å². The Balaban J connectivity index is 2.18. The van der Waals surface area contributed by atoms with Crippen LogP contribution in [0.4, 0.5) is 0 Å². The second-order valence-electron chi connectivity index (χ2n) is 6.15. The zero-order valence-electron chi connectivity index (χ0n) is 12.8. The number of hydrogen-bond acceptors (Lipinski definition) is 3. The van der Waals surface area contributed by atoms with Crippen LogP contribution in [0.15, 0.2) is 0 Å². The monoisotopic (exact) mass is 272 g/mol. The molecule has 0 aliphatic carbocycles. The molecule has 1 aliphatic rings. The number of unbranched alkanes of at least 4 members (excludes halogenated alkanes) is 2. The lowest BCUT2D eigenvalue weighted by molar-refractivity contribution is 0.213. The normalized spacial score (nSPS) is 22.7. The van der Waals surface area contributed by atoms with Gasteiger partial charge in [0.05, 0.1) is 0 Å². The van der Waals surface area contributed by atoms with Gasteiger partial charge in [-0.3, -0.25) is 4.90 Å². The molecular formula is C15H32N2S. The molecule has 0 amide bonds. The Morgan fingerprint density at radius 1 is 1.28 bits per heavy atom. The largest absolute Gasteiger partial charge is 0.315 e. The van der Waals surface area contributed by atoms with Crippen molar-refractivity contribution in [1.29, 1.82) is 0 Å². The molecule has 18 heavy (non-hydrogen) atoms. The van der Waals surface area contributed by atoms with Gasteiger partial charge in [0.15, 0.2) is 0 Å². The molecule has 0 spiro atoms. The molecule has 0 saturated carbocycles. The average molecular weight is 273 g/mol. The van der Waals surface area contributed by atoms with E-state index in [1.807, 2.05) is 0 Å². The Hall–Kier alpha value is 0.270. The lowest BCUT2D eigenvalue weighted by atomic mass is 10.1. The van der Waals surface area contributed by atoms with Gasteiger partial charge in [0, 0.05) is 29.6 Å². The summed E-state index contributed by atoms with van der Waals surface area (Å²) < 4.78 is 0.475. The van der Waals surface area contributed by atoms with E-state index in [2.05, 4.69) is 49.7 Å². The predicted molar refractivity (Wildman–Crippen MR) is 84.6 cm³/mol. The Morgan fingerprint density at radius 2 is 2.06 bits per heavy atom. The van der Waals surface area contributed by atoms with Gasteiger partial charge in [0.1, 0.15) is 0 Å². The van der Waals surface area contributed by atoms with Crippen molar-refractivity contribution in [3.63, 3.8) is 0 Å². The van der Waals surface area contributed by atoms with Crippen LogP contribution >= 0.6 is 11.8 Å². The first-order chi connectivity index (χ1) is 8.55. The van der Waals surface area contributed by atoms with Crippen LogP contribution in [0.1, 0.15) is 53.4 Å². The lowest BCUT2D eigenvalue weighted by Gasteiger charge is -2.28. The summed E-state index contributed by atoms with van der Waals surface area (Å²) >= 11 is 2.14. The minimum absolute atomic E-state index is 0.475. The third-order valence-corrected chi connectivity index (χ3v) is 5.26. The first kappa shape index (κ1) is 16.3. The van der Waals surface area contributed by atoms with Gasteiger partial charge in [0.2, 0.25) is 0 Å². The molecule has 0 radical (unpaired) electrons. The molecule has 0 aromatic carbocycles. The van der Waals surface area contributed by atoms with Crippen molar-refractivity contribution in [3.05, 3.63) is 0 Å². The molecule has 1 aliphatic heterocycles. The summed E-state index contributed by atoms with van der Waals surface area (Å²) in [6, 6.07) is 0.682. The van der Waals surface area contributed by atoms with E-state index in [9.17, 15) is 0 Å². The van der Waals surface area contributed by atoms with Gasteiger partial charge in [-0.15, -0.1) is 0 Å². The molecule has 1 N–H and O–H groups in total. The van der Waals surface area contributed by atoms with Crippen molar-refractivity contribution < 1.29 is 0 Å². The predicted octanol–water partition coefficient (Wildman–Crippen LogP) is 3.37. The van der Waals surface area contributed by atoms with Crippen molar-refractivity contribution in [2.24, 2.45) is 0 Å². The first-order valence-electron chi connectivity index (χ1n) is 7.64. The number of nitrogens with zero attached hydrogens (tertiary/aromatic N) is 1. The number of thioether (sulfide) groups is 1. The number of hydrogen-bond donors (Lipinski definition) is 1. The summed E-state index contributed by atoms with van der Waals surface area (Å²) in [6.45, 7) is 14.3. The fourth-order valence-corrected chi connectivity index (χ4v) is 3.53. The molecular weight excluding hydrogens is 240 g/mol. The van der Waals surface area contributed by atoms with Gasteiger partial charge in [0.25, 0.3) is 0 Å². The van der Waals surface area contributed by atoms with Gasteiger partial charge >= 0.3 is 0 Å². The highest BCUT2D eigenvalue weighted by atomic mass is 32.2. The van der Waals surface area contributed by atoms with Gasteiger partial charge < -0.3 is 5.32 Å². The molecule has 3 heteroatoms. The van der Waals surface area contributed by atoms with Crippen molar-refractivity contribution in [2.45, 2.75) is 64.2 Å². The van der Waals surface area contributed by atoms with Crippen molar-refractivity contribution in [1.82, 2.24) is 10.2 Å². The maximum Gasteiger partial charge on any atom is 0.0192 e. The molecule has 1 fully saturated rings. The van der Waals surface area contributed by atoms with Gasteiger partial charge in [-0.1, -0.05) is 33.6 Å². The molecule has 1 saturated heterocycles. The summed E-state index contributed by atoms with van der Waals surface area (Å²) in [4.78, 5) is 2.66. The van der Waals surface area contributed by atoms with E-state index in [4.69, 9.17) is 0 Å². The summed E-state index contributed by atoms with van der Waals surface area (Å²) in [5.74, 6) is 1.28. The van der Waals surface area contributed by atoms with E-state index in [1.54, 1.807) is 0 Å². The topological polar surface area (TPSA) is 15.3 Å². The third kappa shape index (κ3) is 6.44. The van der Waals surface area contributed by atoms with Gasteiger partial charge in [-0.05, 0) is 32.9 Å². The smallest absolute Gasteiger partial charge is 0.0192 e. The van der Waals surface area contributed by atoms with E-state index in [1.165, 1.54) is 51.1 Å². The Bertz CT molecular complexity index is 219. The molecule has 2 nitrogen and oxygen atoms in total. The van der Waals surface area contributed by atoms with Crippen molar-refractivity contribution >= 4 is 11.8 Å². The van der Waals surface area contributed by atoms with Crippen LogP contribution in [0, 0.1) is 0 Å². The molecule has 1 heterocycles. The number of nitrogens with one attached hydrogen (secondary N) is 1. The molecule has 108 valence electrons. The van der Waals surface area contributed by atoms with Crippen molar-refractivity contribution in [2.75, 3.05) is 31.9 Å². The van der Waals surface area contributed by atoms with Gasteiger partial charge in [-0.25, -0.2) is 0 Å². The quantitative estimate of drug-likeness (QED) is 0.715. The van der Waals surface area contributed by atoms with E-state index in [-0.39, 0.29) is 0 Å². The van der Waals surface area contributed by atoms with Crippen molar-refractivity contribution in [3.8, 4) is 0 Å². The maximum atomic E-state index is 3.61. The zero-order valence-corrected chi connectivity index (χ0v) is 13.6. The molecule has 0 aromatic heterocycles. The second-order valence-corrected chi connectivity index (χ2v) is 7.96. The van der Waals surface area contributed by atoms with E-state index >= 15 is 0 Å². The molecule has 0 bridgehead atoms. The zero-order chi connectivity index (χ0) is 13.4. The van der Waals surface area contributed by atoms with E-state index in [0.29, 0.717) is 10.8 Å². The number of rotatable bonds is 7. The highest BCUT2D eigenvalue weighted by molar-refractivity contribution is 8.00. The summed E-state index contributed by atoms with van der Waals surface area (Å²) in [6.07, 6.45) is 5.32. The highest BCUT2D eigenvalue weighted by Gasteiger charge is 2.25. The Labute approximate surface area is 118 Å². The molecule has 1 rings (SSSR count). The van der Waals surface area contributed by atoms with E-state index in [0.717, 1.165) is 6.54 Å². The Kier molecular flexibility index (Phi) is 7.66. The van der Waals surface area contributed by atoms with Crippen LogP contribution in [-0.4, -0.2) is 47.6 Å². The minimum atomic E-state index is 0.475. The van der Waals surface area contributed by atoms with Crippen LogP contribution in [0.2, 0.25) is 0 Å². The Morgan fingerprint density at radius 3 is 2.78 bits per heavy atom. The summed E-state index contributed by atoms with van der Waals surface area (Å²) in [5, 5.41) is 3.61. The fraction of sp³-hybridized carbons (Fsp3) is 1.00. The molecule has 0 aromatic rings. The SMILES string of the molecule is CCCCCNCC(C)N1CCSC(C)(C)CC1. The maximum absolute atomic E-state index is 3.61. The average Bonchev–Trinajstić information content (AvgIpc) is 2.50. The third-order valence-electron chi connectivity index (χ3n) is 3.89.